The topological polar surface area (TPSA) is 86.9 Å². The van der Waals surface area contributed by atoms with Crippen LogP contribution < -0.4 is 10.1 Å². The van der Waals surface area contributed by atoms with Crippen LogP contribution in [0.2, 0.25) is 0 Å². The Bertz CT molecular complexity index is 932. The number of ether oxygens (including phenoxy) is 1. The van der Waals surface area contributed by atoms with E-state index in [4.69, 9.17) is 4.74 Å². The van der Waals surface area contributed by atoms with Crippen molar-refractivity contribution in [1.29, 1.82) is 0 Å². The maximum atomic E-state index is 12.9. The van der Waals surface area contributed by atoms with Gasteiger partial charge in [0.2, 0.25) is 0 Å². The van der Waals surface area contributed by atoms with Gasteiger partial charge in [0.25, 0.3) is 5.91 Å². The summed E-state index contributed by atoms with van der Waals surface area (Å²) in [6, 6.07) is 5.69. The maximum Gasteiger partial charge on any atom is 0.258 e. The summed E-state index contributed by atoms with van der Waals surface area (Å²) in [5.41, 5.74) is 0. The fraction of sp³-hybridized carbons (Fsp3) is 0.368. The van der Waals surface area contributed by atoms with Crippen LogP contribution in [-0.2, 0) is 18.4 Å². The Labute approximate surface area is 161 Å². The monoisotopic (exact) mass is 384 g/mol. The minimum absolute atomic E-state index is 0.0915. The van der Waals surface area contributed by atoms with Gasteiger partial charge in [0, 0.05) is 31.4 Å². The minimum Gasteiger partial charge on any atom is -0.484 e. The minimum atomic E-state index is -0.339. The number of benzene rings is 1. The number of hydrogen-bond acceptors (Lipinski definition) is 5. The van der Waals surface area contributed by atoms with E-state index in [2.05, 4.69) is 20.5 Å². The zero-order valence-electron chi connectivity index (χ0n) is 15.5. The Morgan fingerprint density at radius 3 is 2.79 bits per heavy atom. The number of carbonyl (C=O) groups is 1. The second kappa shape index (κ2) is 7.79. The summed E-state index contributed by atoms with van der Waals surface area (Å²) in [6.07, 6.45) is 7.00. The Hall–Kier alpha value is -3.23. The highest BCUT2D eigenvalue weighted by Gasteiger charge is 2.34. The normalized spacial score (nSPS) is 18.5. The van der Waals surface area contributed by atoms with Crippen LogP contribution in [0.3, 0.4) is 0 Å². The fourth-order valence-corrected chi connectivity index (χ4v) is 3.31. The first kappa shape index (κ1) is 18.1. The molecule has 0 unspecified atom stereocenters. The molecule has 0 bridgehead atoms. The van der Waals surface area contributed by atoms with Gasteiger partial charge in [-0.05, 0) is 37.1 Å². The van der Waals surface area contributed by atoms with Gasteiger partial charge in [0.15, 0.2) is 12.4 Å². The highest BCUT2D eigenvalue weighted by molar-refractivity contribution is 5.78. The molecule has 1 aromatic carbocycles. The number of nitrogens with one attached hydrogen (secondary N) is 1. The molecule has 1 aliphatic carbocycles. The molecule has 1 fully saturated rings. The van der Waals surface area contributed by atoms with Crippen molar-refractivity contribution in [3.63, 3.8) is 0 Å². The van der Waals surface area contributed by atoms with Crippen molar-refractivity contribution in [2.45, 2.75) is 31.3 Å². The molecule has 1 aliphatic rings. The number of nitrogens with zero attached hydrogens (tertiary/aromatic N) is 5. The van der Waals surface area contributed by atoms with Gasteiger partial charge < -0.3 is 19.2 Å². The van der Waals surface area contributed by atoms with Crippen LogP contribution in [0.15, 0.2) is 43.0 Å². The summed E-state index contributed by atoms with van der Waals surface area (Å²) in [7, 11) is 1.96. The number of halogens is 1. The van der Waals surface area contributed by atoms with E-state index in [0.717, 1.165) is 24.5 Å². The quantitative estimate of drug-likeness (QED) is 0.669. The lowest BCUT2D eigenvalue weighted by molar-refractivity contribution is -0.124. The summed E-state index contributed by atoms with van der Waals surface area (Å²) in [5.74, 6) is 2.02. The van der Waals surface area contributed by atoms with Crippen molar-refractivity contribution in [2.75, 3.05) is 6.61 Å². The summed E-state index contributed by atoms with van der Waals surface area (Å²) in [4.78, 5) is 16.1. The van der Waals surface area contributed by atoms with Crippen LogP contribution in [0.4, 0.5) is 4.39 Å². The van der Waals surface area contributed by atoms with Crippen molar-refractivity contribution in [1.82, 2.24) is 29.6 Å². The molecule has 28 heavy (non-hydrogen) atoms. The largest absolute Gasteiger partial charge is 0.484 e. The number of rotatable bonds is 7. The van der Waals surface area contributed by atoms with Crippen molar-refractivity contribution in [3.8, 4) is 5.75 Å². The third kappa shape index (κ3) is 4.03. The number of imidazole rings is 1. The lowest BCUT2D eigenvalue weighted by atomic mass is 9.79. The fourth-order valence-electron chi connectivity index (χ4n) is 3.31. The SMILES string of the molecule is Cn1c(Cn2ccnc2)nnc1C1CC(NC(=O)COc2ccc(F)cc2)C1. The van der Waals surface area contributed by atoms with Crippen LogP contribution in [-0.4, -0.2) is 42.9 Å². The van der Waals surface area contributed by atoms with Crippen LogP contribution >= 0.6 is 0 Å². The maximum absolute atomic E-state index is 12.9. The standard InChI is InChI=1S/C19H21FN6O2/c1-25-17(10-26-7-6-21-12-26)23-24-19(25)13-8-15(9-13)22-18(27)11-28-16-4-2-14(20)3-5-16/h2-7,12-13,15H,8-11H2,1H3,(H,22,27). The molecule has 0 radical (unpaired) electrons. The van der Waals surface area contributed by atoms with Gasteiger partial charge in [0.1, 0.15) is 17.4 Å². The molecule has 1 N–H and O–H groups in total. The first-order valence-corrected chi connectivity index (χ1v) is 9.10. The first-order chi connectivity index (χ1) is 13.6. The van der Waals surface area contributed by atoms with E-state index in [9.17, 15) is 9.18 Å². The van der Waals surface area contributed by atoms with Crippen LogP contribution in [0.25, 0.3) is 0 Å². The molecule has 9 heteroatoms. The van der Waals surface area contributed by atoms with Crippen LogP contribution in [0.5, 0.6) is 5.75 Å². The molecule has 8 nitrogen and oxygen atoms in total. The van der Waals surface area contributed by atoms with Gasteiger partial charge in [0.05, 0.1) is 12.9 Å². The lowest BCUT2D eigenvalue weighted by Crippen LogP contribution is -2.45. The predicted octanol–water partition coefficient (Wildman–Crippen LogP) is 1.64. The third-order valence-electron chi connectivity index (χ3n) is 4.93. The van der Waals surface area contributed by atoms with E-state index < -0.39 is 0 Å². The molecule has 0 atom stereocenters. The van der Waals surface area contributed by atoms with E-state index in [0.29, 0.717) is 12.3 Å². The molecule has 0 spiro atoms. The molecule has 4 rings (SSSR count). The average Bonchev–Trinajstić information content (AvgIpc) is 3.29. The summed E-state index contributed by atoms with van der Waals surface area (Å²) in [6.45, 7) is 0.531. The van der Waals surface area contributed by atoms with Gasteiger partial charge in [-0.2, -0.15) is 0 Å². The zero-order chi connectivity index (χ0) is 19.5. The highest BCUT2D eigenvalue weighted by atomic mass is 19.1. The summed E-state index contributed by atoms with van der Waals surface area (Å²) < 4.78 is 22.2. The highest BCUT2D eigenvalue weighted by Crippen LogP contribution is 2.35. The predicted molar refractivity (Wildman–Crippen MR) is 98.1 cm³/mol. The van der Waals surface area contributed by atoms with Crippen LogP contribution in [0, 0.1) is 5.82 Å². The Balaban J connectivity index is 1.24. The molecule has 2 heterocycles. The van der Waals surface area contributed by atoms with E-state index in [1.165, 1.54) is 24.3 Å². The summed E-state index contributed by atoms with van der Waals surface area (Å²) in [5, 5.41) is 11.6. The molecule has 1 saturated carbocycles. The van der Waals surface area contributed by atoms with Gasteiger partial charge in [-0.1, -0.05) is 0 Å². The summed E-state index contributed by atoms with van der Waals surface area (Å²) >= 11 is 0. The Kier molecular flexibility index (Phi) is 5.05. The molecular weight excluding hydrogens is 363 g/mol. The van der Waals surface area contributed by atoms with Crippen molar-refractivity contribution >= 4 is 5.91 Å². The van der Waals surface area contributed by atoms with Crippen LogP contribution in [0.1, 0.15) is 30.4 Å². The van der Waals surface area contributed by atoms with Crippen molar-refractivity contribution < 1.29 is 13.9 Å². The van der Waals surface area contributed by atoms with Crippen molar-refractivity contribution in [3.05, 3.63) is 60.5 Å². The Morgan fingerprint density at radius 1 is 1.29 bits per heavy atom. The molecule has 0 saturated heterocycles. The van der Waals surface area contributed by atoms with E-state index in [1.807, 2.05) is 22.4 Å². The molecule has 146 valence electrons. The lowest BCUT2D eigenvalue weighted by Gasteiger charge is -2.35. The van der Waals surface area contributed by atoms with Gasteiger partial charge in [-0.25, -0.2) is 9.37 Å². The van der Waals surface area contributed by atoms with Crippen molar-refractivity contribution in [2.24, 2.45) is 7.05 Å². The molecule has 3 aromatic rings. The van der Waals surface area contributed by atoms with Gasteiger partial charge in [-0.3, -0.25) is 4.79 Å². The number of hydrogen-bond donors (Lipinski definition) is 1. The van der Waals surface area contributed by atoms with E-state index in [1.54, 1.807) is 12.5 Å². The third-order valence-corrected chi connectivity index (χ3v) is 4.93. The molecule has 2 aromatic heterocycles. The van der Waals surface area contributed by atoms with E-state index in [-0.39, 0.29) is 30.3 Å². The second-order valence-electron chi connectivity index (χ2n) is 6.94. The van der Waals surface area contributed by atoms with E-state index >= 15 is 0 Å². The molecule has 0 aliphatic heterocycles. The molecular formula is C19H21FN6O2. The Morgan fingerprint density at radius 2 is 2.07 bits per heavy atom. The van der Waals surface area contributed by atoms with Gasteiger partial charge >= 0.3 is 0 Å². The van der Waals surface area contributed by atoms with Gasteiger partial charge in [-0.15, -0.1) is 10.2 Å². The number of carbonyl (C=O) groups excluding carboxylic acids is 1. The zero-order valence-corrected chi connectivity index (χ0v) is 15.5. The first-order valence-electron chi connectivity index (χ1n) is 9.10. The number of aromatic nitrogens is 5. The second-order valence-corrected chi connectivity index (χ2v) is 6.94. The molecule has 1 amide bonds. The average molecular weight is 384 g/mol. The number of amides is 1. The smallest absolute Gasteiger partial charge is 0.258 e.